The maximum Gasteiger partial charge on any atom is 0.235 e. The van der Waals surface area contributed by atoms with Crippen LogP contribution in [0.4, 0.5) is 0 Å². The predicted molar refractivity (Wildman–Crippen MR) is 92.0 cm³/mol. The van der Waals surface area contributed by atoms with Crippen molar-refractivity contribution in [1.29, 1.82) is 0 Å². The molecule has 0 spiro atoms. The number of sulfone groups is 1. The number of rotatable bonds is 6. The topological polar surface area (TPSA) is 81.1 Å². The monoisotopic (exact) mass is 367 g/mol. The smallest absolute Gasteiger partial charge is 0.235 e. The Morgan fingerprint density at radius 2 is 2.00 bits per heavy atom. The summed E-state index contributed by atoms with van der Waals surface area (Å²) in [6.45, 7) is 1.71. The number of hydrogen-bond acceptors (Lipinski definition) is 4. The highest BCUT2D eigenvalue weighted by Gasteiger charge is 2.27. The third kappa shape index (κ3) is 3.96. The van der Waals surface area contributed by atoms with Crippen LogP contribution < -0.4 is 5.32 Å². The van der Waals surface area contributed by atoms with Gasteiger partial charge in [-0.2, -0.15) is 5.10 Å². The zero-order valence-electron chi connectivity index (χ0n) is 13.2. The second-order valence-electron chi connectivity index (χ2n) is 5.98. The summed E-state index contributed by atoms with van der Waals surface area (Å²) in [4.78, 5) is 11.8. The lowest BCUT2D eigenvalue weighted by atomic mass is 10.3. The predicted octanol–water partition coefficient (Wildman–Crippen LogP) is 2.03. The molecular formula is C16H18ClN3O3S. The Balaban J connectivity index is 1.79. The summed E-state index contributed by atoms with van der Waals surface area (Å²) in [5.41, 5.74) is 1.72. The zero-order chi connectivity index (χ0) is 17.3. The Labute approximate surface area is 145 Å². The molecule has 1 saturated carbocycles. The summed E-state index contributed by atoms with van der Waals surface area (Å²) in [6.07, 6.45) is 1.83. The molecule has 1 aliphatic carbocycles. The number of hydrogen-bond donors (Lipinski definition) is 1. The SMILES string of the molecule is Cc1nn(-c2ccccc2)c(Cl)c1CS(=O)(=O)CC(=O)NC1CC1. The fourth-order valence-electron chi connectivity index (χ4n) is 2.40. The molecule has 0 unspecified atom stereocenters. The lowest BCUT2D eigenvalue weighted by Crippen LogP contribution is -2.32. The molecule has 1 aromatic heterocycles. The molecule has 2 aromatic rings. The van der Waals surface area contributed by atoms with Gasteiger partial charge >= 0.3 is 0 Å². The molecular weight excluding hydrogens is 350 g/mol. The van der Waals surface area contributed by atoms with E-state index in [2.05, 4.69) is 10.4 Å². The van der Waals surface area contributed by atoms with Gasteiger partial charge in [0, 0.05) is 11.6 Å². The minimum Gasteiger partial charge on any atom is -0.352 e. The van der Waals surface area contributed by atoms with Gasteiger partial charge in [0.15, 0.2) is 9.84 Å². The Morgan fingerprint density at radius 1 is 1.33 bits per heavy atom. The molecule has 0 aliphatic heterocycles. The van der Waals surface area contributed by atoms with E-state index in [1.54, 1.807) is 6.92 Å². The van der Waals surface area contributed by atoms with Crippen molar-refractivity contribution < 1.29 is 13.2 Å². The molecule has 1 aliphatic rings. The molecule has 3 rings (SSSR count). The highest BCUT2D eigenvalue weighted by atomic mass is 35.5. The number of carbonyl (C=O) groups excluding carboxylic acids is 1. The third-order valence-electron chi connectivity index (χ3n) is 3.78. The quantitative estimate of drug-likeness (QED) is 0.847. The van der Waals surface area contributed by atoms with Gasteiger partial charge in [0.1, 0.15) is 10.9 Å². The van der Waals surface area contributed by atoms with Crippen LogP contribution in [-0.4, -0.2) is 35.9 Å². The number of nitrogens with one attached hydrogen (secondary N) is 1. The maximum atomic E-state index is 12.3. The van der Waals surface area contributed by atoms with Gasteiger partial charge in [0.25, 0.3) is 0 Å². The first-order chi connectivity index (χ1) is 11.4. The van der Waals surface area contributed by atoms with E-state index in [9.17, 15) is 13.2 Å². The molecule has 1 aromatic carbocycles. The van der Waals surface area contributed by atoms with E-state index in [1.807, 2.05) is 30.3 Å². The lowest BCUT2D eigenvalue weighted by Gasteiger charge is -2.06. The summed E-state index contributed by atoms with van der Waals surface area (Å²) in [5.74, 6) is -1.29. The van der Waals surface area contributed by atoms with E-state index in [-0.39, 0.29) is 16.9 Å². The maximum absolute atomic E-state index is 12.3. The van der Waals surface area contributed by atoms with Crippen molar-refractivity contribution in [3.05, 3.63) is 46.7 Å². The van der Waals surface area contributed by atoms with Gasteiger partial charge in [0.05, 0.1) is 17.1 Å². The Morgan fingerprint density at radius 3 is 2.62 bits per heavy atom. The normalized spacial score (nSPS) is 14.6. The summed E-state index contributed by atoms with van der Waals surface area (Å²) in [7, 11) is -3.62. The van der Waals surface area contributed by atoms with Crippen molar-refractivity contribution in [3.63, 3.8) is 0 Å². The van der Waals surface area contributed by atoms with Crippen molar-refractivity contribution in [1.82, 2.24) is 15.1 Å². The third-order valence-corrected chi connectivity index (χ3v) is 5.60. The molecule has 8 heteroatoms. The highest BCUT2D eigenvalue weighted by Crippen LogP contribution is 2.25. The molecule has 1 fully saturated rings. The largest absolute Gasteiger partial charge is 0.352 e. The molecule has 0 radical (unpaired) electrons. The number of halogens is 1. The van der Waals surface area contributed by atoms with Gasteiger partial charge in [-0.25, -0.2) is 13.1 Å². The molecule has 1 heterocycles. The van der Waals surface area contributed by atoms with Gasteiger partial charge in [-0.1, -0.05) is 29.8 Å². The molecule has 0 bridgehead atoms. The zero-order valence-corrected chi connectivity index (χ0v) is 14.8. The fraction of sp³-hybridized carbons (Fsp3) is 0.375. The van der Waals surface area contributed by atoms with E-state index in [1.165, 1.54) is 4.68 Å². The number of para-hydroxylation sites is 1. The van der Waals surface area contributed by atoms with Crippen molar-refractivity contribution in [2.45, 2.75) is 31.6 Å². The van der Waals surface area contributed by atoms with E-state index >= 15 is 0 Å². The van der Waals surface area contributed by atoms with Crippen LogP contribution in [0.25, 0.3) is 5.69 Å². The van der Waals surface area contributed by atoms with Crippen LogP contribution in [-0.2, 0) is 20.4 Å². The first-order valence-electron chi connectivity index (χ1n) is 7.65. The molecule has 0 saturated heterocycles. The lowest BCUT2D eigenvalue weighted by molar-refractivity contribution is -0.118. The van der Waals surface area contributed by atoms with Crippen LogP contribution in [0.3, 0.4) is 0 Å². The van der Waals surface area contributed by atoms with Crippen LogP contribution in [0.1, 0.15) is 24.1 Å². The summed E-state index contributed by atoms with van der Waals surface area (Å²) in [6, 6.07) is 9.37. The van der Waals surface area contributed by atoms with Crippen LogP contribution in [0.15, 0.2) is 30.3 Å². The Hall–Kier alpha value is -1.86. The van der Waals surface area contributed by atoms with Crippen molar-refractivity contribution in [2.24, 2.45) is 0 Å². The Kier molecular flexibility index (Phi) is 4.64. The van der Waals surface area contributed by atoms with E-state index < -0.39 is 21.5 Å². The van der Waals surface area contributed by atoms with Gasteiger partial charge in [-0.3, -0.25) is 4.79 Å². The molecule has 1 N–H and O–H groups in total. The minimum atomic E-state index is -3.62. The fourth-order valence-corrected chi connectivity index (χ4v) is 4.19. The van der Waals surface area contributed by atoms with Crippen LogP contribution in [0.2, 0.25) is 5.15 Å². The first-order valence-corrected chi connectivity index (χ1v) is 9.85. The second-order valence-corrected chi connectivity index (χ2v) is 8.40. The van der Waals surface area contributed by atoms with Crippen molar-refractivity contribution in [3.8, 4) is 5.69 Å². The van der Waals surface area contributed by atoms with Crippen LogP contribution in [0.5, 0.6) is 0 Å². The minimum absolute atomic E-state index is 0.138. The van der Waals surface area contributed by atoms with E-state index in [0.717, 1.165) is 18.5 Å². The molecule has 6 nitrogen and oxygen atoms in total. The van der Waals surface area contributed by atoms with Crippen LogP contribution in [0, 0.1) is 6.92 Å². The average Bonchev–Trinajstić information content (AvgIpc) is 3.28. The number of benzene rings is 1. The number of aryl methyl sites for hydroxylation is 1. The van der Waals surface area contributed by atoms with Crippen molar-refractivity contribution in [2.75, 3.05) is 5.75 Å². The van der Waals surface area contributed by atoms with Gasteiger partial charge < -0.3 is 5.32 Å². The Bertz CT molecular complexity index is 858. The van der Waals surface area contributed by atoms with Gasteiger partial charge in [-0.05, 0) is 31.9 Å². The first kappa shape index (κ1) is 17.0. The van der Waals surface area contributed by atoms with Gasteiger partial charge in [0.2, 0.25) is 5.91 Å². The number of carbonyl (C=O) groups is 1. The van der Waals surface area contributed by atoms with E-state index in [0.29, 0.717) is 11.3 Å². The summed E-state index contributed by atoms with van der Waals surface area (Å²) in [5, 5.41) is 7.26. The van der Waals surface area contributed by atoms with Crippen LogP contribution >= 0.6 is 11.6 Å². The molecule has 1 amide bonds. The number of nitrogens with zero attached hydrogens (tertiary/aromatic N) is 2. The molecule has 24 heavy (non-hydrogen) atoms. The van der Waals surface area contributed by atoms with Crippen molar-refractivity contribution >= 4 is 27.3 Å². The molecule has 128 valence electrons. The highest BCUT2D eigenvalue weighted by molar-refractivity contribution is 7.91. The molecule has 0 atom stereocenters. The van der Waals surface area contributed by atoms with Gasteiger partial charge in [-0.15, -0.1) is 0 Å². The number of amides is 1. The standard InChI is InChI=1S/C16H18ClN3O3S/c1-11-14(9-24(22,23)10-15(21)18-12-7-8-12)16(17)20(19-11)13-5-3-2-4-6-13/h2-6,12H,7-10H2,1H3,(H,18,21). The van der Waals surface area contributed by atoms with E-state index in [4.69, 9.17) is 11.6 Å². The number of aromatic nitrogens is 2. The average molecular weight is 368 g/mol. The second kappa shape index (κ2) is 6.57. The summed E-state index contributed by atoms with van der Waals surface area (Å²) < 4.78 is 26.1. The summed E-state index contributed by atoms with van der Waals surface area (Å²) >= 11 is 6.34.